The minimum atomic E-state index is -0.587. The van der Waals surface area contributed by atoms with E-state index in [-0.39, 0.29) is 18.3 Å². The van der Waals surface area contributed by atoms with Crippen LogP contribution in [0.1, 0.15) is 32.4 Å². The molecule has 22 heavy (non-hydrogen) atoms. The number of carbonyl (C=O) groups is 2. The van der Waals surface area contributed by atoms with Gasteiger partial charge in [0.05, 0.1) is 18.6 Å². The van der Waals surface area contributed by atoms with Crippen molar-refractivity contribution in [2.75, 3.05) is 6.61 Å². The van der Waals surface area contributed by atoms with Crippen molar-refractivity contribution in [1.29, 1.82) is 0 Å². The maximum absolute atomic E-state index is 12.2. The van der Waals surface area contributed by atoms with Gasteiger partial charge in [0.25, 0.3) is 0 Å². The summed E-state index contributed by atoms with van der Waals surface area (Å²) in [5.74, 6) is -0.997. The predicted molar refractivity (Wildman–Crippen MR) is 82.4 cm³/mol. The molecule has 1 aromatic carbocycles. The van der Waals surface area contributed by atoms with Gasteiger partial charge in [-0.25, -0.2) is 4.79 Å². The first-order valence-electron chi connectivity index (χ1n) is 7.20. The maximum Gasteiger partial charge on any atom is 0.407 e. The number of Topliss-reactive ketones (excluding diaryl/α,β-unsaturated/α-hetero) is 1. The van der Waals surface area contributed by atoms with Gasteiger partial charge < -0.3 is 15.6 Å². The third-order valence-corrected chi connectivity index (χ3v) is 3.30. The number of hydrogen-bond acceptors (Lipinski definition) is 3. The summed E-state index contributed by atoms with van der Waals surface area (Å²) < 4.78 is 4.92. The van der Waals surface area contributed by atoms with E-state index in [1.54, 1.807) is 6.92 Å². The first kappa shape index (κ1) is 17.6. The fraction of sp³-hybridized carbons (Fsp3) is 0.438. The molecule has 0 heterocycles. The average Bonchev–Trinajstić information content (AvgIpc) is 2.47. The summed E-state index contributed by atoms with van der Waals surface area (Å²) in [6.07, 6.45) is 0.281. The molecule has 0 aliphatic heterocycles. The van der Waals surface area contributed by atoms with Gasteiger partial charge in [-0.2, -0.15) is 4.79 Å². The summed E-state index contributed by atoms with van der Waals surface area (Å²) in [6, 6.07) is 8.61. The number of ketones is 1. The monoisotopic (exact) mass is 303 g/mol. The number of carbonyl (C=O) groups excluding carboxylic acids is 2. The third-order valence-electron chi connectivity index (χ3n) is 3.30. The van der Waals surface area contributed by atoms with E-state index in [9.17, 15) is 9.59 Å². The van der Waals surface area contributed by atoms with Crippen molar-refractivity contribution in [2.45, 2.75) is 26.8 Å². The lowest BCUT2D eigenvalue weighted by atomic mass is 9.81. The van der Waals surface area contributed by atoms with Gasteiger partial charge in [-0.05, 0) is 18.4 Å². The second-order valence-electron chi connectivity index (χ2n) is 5.17. The number of rotatable bonds is 7. The van der Waals surface area contributed by atoms with Crippen LogP contribution in [-0.4, -0.2) is 29.5 Å². The molecule has 2 atom stereocenters. The molecule has 1 N–H and O–H groups in total. The number of nitrogens with zero attached hydrogens (tertiary/aromatic N) is 2. The first-order chi connectivity index (χ1) is 10.5. The van der Waals surface area contributed by atoms with Crippen molar-refractivity contribution in [1.82, 2.24) is 5.32 Å². The Labute approximate surface area is 130 Å². The molecule has 0 saturated carbocycles. The Balaban J connectivity index is 3.18. The van der Waals surface area contributed by atoms with Crippen molar-refractivity contribution in [3.63, 3.8) is 0 Å². The van der Waals surface area contributed by atoms with Gasteiger partial charge in [-0.3, -0.25) is 4.79 Å². The highest BCUT2D eigenvalue weighted by molar-refractivity contribution is 6.26. The predicted octanol–water partition coefficient (Wildman–Crippen LogP) is 2.62. The molecule has 0 bridgehead atoms. The van der Waals surface area contributed by atoms with Crippen molar-refractivity contribution < 1.29 is 19.1 Å². The molecule has 118 valence electrons. The summed E-state index contributed by atoms with van der Waals surface area (Å²) in [5, 5.41) is 2.73. The Bertz CT molecular complexity index is 551. The van der Waals surface area contributed by atoms with Crippen molar-refractivity contribution in [3.05, 3.63) is 41.4 Å². The summed E-state index contributed by atoms with van der Waals surface area (Å²) in [5.41, 5.74) is 9.41. The van der Waals surface area contributed by atoms with Crippen LogP contribution in [0.25, 0.3) is 5.53 Å². The summed E-state index contributed by atoms with van der Waals surface area (Å²) >= 11 is 0. The standard InChI is InChI=1S/C16H21N3O3/c1-4-22-16(21)19-15(12-8-6-5-7-9-12)14(11(2)3)13(20)10-18-17/h5-11,14-15H,4H2,1-3H3,(H,19,21)/t14-,15+/m0/s1. The van der Waals surface area contributed by atoms with Crippen LogP contribution >= 0.6 is 0 Å². The van der Waals surface area contributed by atoms with Gasteiger partial charge in [-0.1, -0.05) is 44.2 Å². The molecule has 6 heteroatoms. The number of benzene rings is 1. The lowest BCUT2D eigenvalue weighted by Gasteiger charge is -2.28. The van der Waals surface area contributed by atoms with Crippen LogP contribution in [0.15, 0.2) is 30.3 Å². The van der Waals surface area contributed by atoms with E-state index in [4.69, 9.17) is 10.3 Å². The number of nitrogens with one attached hydrogen (secondary N) is 1. The van der Waals surface area contributed by atoms with Crippen molar-refractivity contribution >= 4 is 18.1 Å². The molecule has 6 nitrogen and oxygen atoms in total. The largest absolute Gasteiger partial charge is 0.450 e. The second kappa shape index (κ2) is 8.74. The lowest BCUT2D eigenvalue weighted by Crippen LogP contribution is -2.40. The average molecular weight is 303 g/mol. The minimum Gasteiger partial charge on any atom is -0.450 e. The molecule has 0 fully saturated rings. The van der Waals surface area contributed by atoms with E-state index in [2.05, 4.69) is 10.1 Å². The molecule has 0 aliphatic rings. The molecule has 0 unspecified atom stereocenters. The van der Waals surface area contributed by atoms with Crippen LogP contribution in [0.4, 0.5) is 4.79 Å². The van der Waals surface area contributed by atoms with E-state index in [0.717, 1.165) is 11.8 Å². The molecule has 0 aliphatic carbocycles. The molecular weight excluding hydrogens is 282 g/mol. The van der Waals surface area contributed by atoms with Gasteiger partial charge in [-0.15, -0.1) is 0 Å². The topological polar surface area (TPSA) is 91.8 Å². The Kier molecular flexibility index (Phi) is 6.99. The SMILES string of the molecule is CCOC(=O)N[C@H](c1ccccc1)[C@H](C(=O)C=[N+]=[N-])C(C)C. The van der Waals surface area contributed by atoms with Crippen LogP contribution in [0.3, 0.4) is 0 Å². The third kappa shape index (κ3) is 4.82. The van der Waals surface area contributed by atoms with Crippen LogP contribution in [0.2, 0.25) is 0 Å². The Hall–Kier alpha value is -2.46. The fourth-order valence-electron chi connectivity index (χ4n) is 2.36. The van der Waals surface area contributed by atoms with Crippen LogP contribution < -0.4 is 5.32 Å². The molecular formula is C16H21N3O3. The summed E-state index contributed by atoms with van der Waals surface area (Å²) in [6.45, 7) is 5.69. The second-order valence-corrected chi connectivity index (χ2v) is 5.17. The molecule has 1 amide bonds. The molecule has 0 radical (unpaired) electrons. The van der Waals surface area contributed by atoms with Crippen molar-refractivity contribution in [2.24, 2.45) is 11.8 Å². The van der Waals surface area contributed by atoms with Crippen LogP contribution in [0, 0.1) is 11.8 Å². The van der Waals surface area contributed by atoms with Crippen LogP contribution in [-0.2, 0) is 9.53 Å². The van der Waals surface area contributed by atoms with Gasteiger partial charge >= 0.3 is 12.3 Å². The smallest absolute Gasteiger partial charge is 0.407 e. The number of alkyl carbamates (subject to hydrolysis) is 1. The Morgan fingerprint density at radius 1 is 1.32 bits per heavy atom. The summed E-state index contributed by atoms with van der Waals surface area (Å²) in [7, 11) is 0. The molecule has 1 aromatic rings. The molecule has 0 spiro atoms. The quantitative estimate of drug-likeness (QED) is 0.477. The molecule has 1 rings (SSSR count). The Morgan fingerprint density at radius 3 is 2.45 bits per heavy atom. The number of amides is 1. The van der Waals surface area contributed by atoms with E-state index in [1.807, 2.05) is 44.2 Å². The van der Waals surface area contributed by atoms with Crippen molar-refractivity contribution in [3.8, 4) is 0 Å². The lowest BCUT2D eigenvalue weighted by molar-refractivity contribution is -0.121. The van der Waals surface area contributed by atoms with Gasteiger partial charge in [0.15, 0.2) is 0 Å². The zero-order valence-corrected chi connectivity index (χ0v) is 13.0. The maximum atomic E-state index is 12.2. The van der Waals surface area contributed by atoms with E-state index in [1.165, 1.54) is 0 Å². The Morgan fingerprint density at radius 2 is 1.95 bits per heavy atom. The fourth-order valence-corrected chi connectivity index (χ4v) is 2.36. The highest BCUT2D eigenvalue weighted by atomic mass is 16.5. The zero-order valence-electron chi connectivity index (χ0n) is 13.0. The molecule has 0 saturated heterocycles. The number of hydrogen-bond donors (Lipinski definition) is 1. The van der Waals surface area contributed by atoms with E-state index < -0.39 is 18.1 Å². The van der Waals surface area contributed by atoms with E-state index >= 15 is 0 Å². The highest BCUT2D eigenvalue weighted by Crippen LogP contribution is 2.28. The number of ether oxygens (including phenoxy) is 1. The summed E-state index contributed by atoms with van der Waals surface area (Å²) in [4.78, 5) is 26.9. The highest BCUT2D eigenvalue weighted by Gasteiger charge is 2.34. The van der Waals surface area contributed by atoms with Gasteiger partial charge in [0.2, 0.25) is 5.78 Å². The molecule has 0 aromatic heterocycles. The van der Waals surface area contributed by atoms with Gasteiger partial charge in [0.1, 0.15) is 0 Å². The van der Waals surface area contributed by atoms with E-state index in [0.29, 0.717) is 0 Å². The zero-order chi connectivity index (χ0) is 16.5. The van der Waals surface area contributed by atoms with Crippen LogP contribution in [0.5, 0.6) is 0 Å². The van der Waals surface area contributed by atoms with Gasteiger partial charge in [0, 0.05) is 0 Å². The normalized spacial score (nSPS) is 12.9. The minimum absolute atomic E-state index is 0.0716. The first-order valence-corrected chi connectivity index (χ1v) is 7.20.